The van der Waals surface area contributed by atoms with E-state index in [9.17, 15) is 0 Å². The van der Waals surface area contributed by atoms with Gasteiger partial charge in [-0.3, -0.25) is 0 Å². The number of nitrogens with one attached hydrogen (secondary N) is 1. The molecule has 0 unspecified atom stereocenters. The molecule has 1 nitrogen and oxygen atoms in total. The number of hydrogen-bond acceptors (Lipinski definition) is 1. The number of hydrogen-bond donors (Lipinski definition) is 1. The van der Waals surface area contributed by atoms with E-state index in [0.29, 0.717) is 0 Å². The van der Waals surface area contributed by atoms with Gasteiger partial charge in [0.15, 0.2) is 0 Å². The summed E-state index contributed by atoms with van der Waals surface area (Å²) in [6.07, 6.45) is 0. The molecular formula is C12H21NSi. The van der Waals surface area contributed by atoms with E-state index in [0.717, 1.165) is 12.1 Å². The third-order valence-corrected chi connectivity index (χ3v) is 7.01. The summed E-state index contributed by atoms with van der Waals surface area (Å²) in [5.74, 6) is 0. The summed E-state index contributed by atoms with van der Waals surface area (Å²) in [5.41, 5.74) is 2.17. The molecule has 0 aromatic heterocycles. The molecule has 14 heavy (non-hydrogen) atoms. The Kier molecular flexibility index (Phi) is 3.90. The van der Waals surface area contributed by atoms with E-state index >= 15 is 0 Å². The number of benzene rings is 1. The lowest BCUT2D eigenvalue weighted by atomic mass is 10.2. The van der Waals surface area contributed by atoms with Crippen molar-refractivity contribution in [2.24, 2.45) is 0 Å². The predicted molar refractivity (Wildman–Crippen MR) is 65.9 cm³/mol. The van der Waals surface area contributed by atoms with Crippen molar-refractivity contribution in [3.8, 4) is 0 Å². The molecule has 0 atom stereocenters. The highest BCUT2D eigenvalue weighted by Gasteiger charge is 2.24. The molecule has 0 spiro atoms. The van der Waals surface area contributed by atoms with Gasteiger partial charge in [0.25, 0.3) is 0 Å². The van der Waals surface area contributed by atoms with Crippen LogP contribution in [-0.2, 0) is 6.54 Å². The highest BCUT2D eigenvalue weighted by molar-refractivity contribution is 6.76. The fourth-order valence-electron chi connectivity index (χ4n) is 1.13. The fraction of sp³-hybridized carbons (Fsp3) is 0.500. The van der Waals surface area contributed by atoms with E-state index in [-0.39, 0.29) is 0 Å². The first-order chi connectivity index (χ1) is 6.52. The first kappa shape index (κ1) is 11.5. The van der Waals surface area contributed by atoms with Gasteiger partial charge in [-0.1, -0.05) is 57.3 Å². The molecule has 2 heteroatoms. The molecule has 1 rings (SSSR count). The summed E-state index contributed by atoms with van der Waals surface area (Å²) < 4.78 is 0. The van der Waals surface area contributed by atoms with E-state index < -0.39 is 8.24 Å². The van der Waals surface area contributed by atoms with Gasteiger partial charge in [0.05, 0.1) is 0 Å². The second kappa shape index (κ2) is 4.76. The summed E-state index contributed by atoms with van der Waals surface area (Å²) >= 11 is 0. The Labute approximate surface area is 88.6 Å². The molecule has 0 heterocycles. The third-order valence-electron chi connectivity index (χ3n) is 3.03. The molecule has 1 aromatic rings. The lowest BCUT2D eigenvalue weighted by Crippen LogP contribution is -2.46. The summed E-state index contributed by atoms with van der Waals surface area (Å²) in [7, 11) is -1.21. The Morgan fingerprint density at radius 3 is 2.21 bits per heavy atom. The molecule has 0 aliphatic rings. The van der Waals surface area contributed by atoms with Crippen LogP contribution in [0.4, 0.5) is 0 Å². The molecule has 1 aromatic carbocycles. The summed E-state index contributed by atoms with van der Waals surface area (Å²) in [5, 5.41) is 0. The van der Waals surface area contributed by atoms with Crippen LogP contribution in [0.15, 0.2) is 30.3 Å². The molecule has 0 fully saturated rings. The average Bonchev–Trinajstić information content (AvgIpc) is 2.16. The fourth-order valence-corrected chi connectivity index (χ4v) is 2.20. The summed E-state index contributed by atoms with van der Waals surface area (Å²) in [6.45, 7) is 10.4. The smallest absolute Gasteiger partial charge is 0.122 e. The standard InChI is InChI=1S/C12H21NSi/c1-11(2)14(3,4)13-10-12-8-6-5-7-9-12/h5-9,11,13H,10H2,1-4H3. The van der Waals surface area contributed by atoms with Crippen molar-refractivity contribution < 1.29 is 0 Å². The second-order valence-electron chi connectivity index (χ2n) is 4.72. The largest absolute Gasteiger partial charge is 0.333 e. The zero-order valence-corrected chi connectivity index (χ0v) is 10.7. The average molecular weight is 207 g/mol. The summed E-state index contributed by atoms with van der Waals surface area (Å²) in [4.78, 5) is 3.71. The van der Waals surface area contributed by atoms with E-state index in [2.05, 4.69) is 62.3 Å². The van der Waals surface area contributed by atoms with Gasteiger partial charge in [0, 0.05) is 6.54 Å². The number of rotatable bonds is 4. The molecule has 78 valence electrons. The maximum atomic E-state index is 3.71. The van der Waals surface area contributed by atoms with Crippen molar-refractivity contribution in [1.82, 2.24) is 4.98 Å². The van der Waals surface area contributed by atoms with Crippen molar-refractivity contribution in [2.45, 2.75) is 39.0 Å². The van der Waals surface area contributed by atoms with Crippen LogP contribution in [0.25, 0.3) is 0 Å². The van der Waals surface area contributed by atoms with Gasteiger partial charge in [-0.05, 0) is 11.1 Å². The zero-order chi connectivity index (χ0) is 10.6. The van der Waals surface area contributed by atoms with Crippen molar-refractivity contribution in [3.05, 3.63) is 35.9 Å². The van der Waals surface area contributed by atoms with Gasteiger partial charge in [-0.25, -0.2) is 0 Å². The normalized spacial score (nSPS) is 12.1. The Balaban J connectivity index is 2.49. The minimum Gasteiger partial charge on any atom is -0.333 e. The molecule has 0 bridgehead atoms. The predicted octanol–water partition coefficient (Wildman–Crippen LogP) is 3.39. The molecule has 0 aliphatic carbocycles. The van der Waals surface area contributed by atoms with Crippen molar-refractivity contribution in [3.63, 3.8) is 0 Å². The maximum absolute atomic E-state index is 3.71. The topological polar surface area (TPSA) is 12.0 Å². The molecule has 1 N–H and O–H groups in total. The van der Waals surface area contributed by atoms with Gasteiger partial charge in [0.2, 0.25) is 0 Å². The minimum atomic E-state index is -1.21. The summed E-state index contributed by atoms with van der Waals surface area (Å²) in [6, 6.07) is 10.6. The molecule has 0 saturated carbocycles. The Hall–Kier alpha value is -0.603. The maximum Gasteiger partial charge on any atom is 0.122 e. The SMILES string of the molecule is CC(C)[Si](C)(C)NCc1ccccc1. The van der Waals surface area contributed by atoms with E-state index in [4.69, 9.17) is 0 Å². The van der Waals surface area contributed by atoms with Crippen LogP contribution in [0.5, 0.6) is 0 Å². The van der Waals surface area contributed by atoms with E-state index in [1.807, 2.05) is 0 Å². The Morgan fingerprint density at radius 2 is 1.71 bits per heavy atom. The minimum absolute atomic E-state index is 0.784. The molecule has 0 radical (unpaired) electrons. The lowest BCUT2D eigenvalue weighted by molar-refractivity contribution is 0.853. The first-order valence-electron chi connectivity index (χ1n) is 5.31. The van der Waals surface area contributed by atoms with Gasteiger partial charge in [-0.15, -0.1) is 0 Å². The van der Waals surface area contributed by atoms with Crippen molar-refractivity contribution >= 4 is 8.24 Å². The molecule has 0 aliphatic heterocycles. The van der Waals surface area contributed by atoms with Gasteiger partial charge >= 0.3 is 0 Å². The highest BCUT2D eigenvalue weighted by Crippen LogP contribution is 2.17. The lowest BCUT2D eigenvalue weighted by Gasteiger charge is -2.28. The first-order valence-corrected chi connectivity index (χ1v) is 8.39. The Morgan fingerprint density at radius 1 is 1.14 bits per heavy atom. The van der Waals surface area contributed by atoms with E-state index in [1.165, 1.54) is 5.56 Å². The highest BCUT2D eigenvalue weighted by atomic mass is 28.3. The van der Waals surface area contributed by atoms with Crippen LogP contribution in [0.3, 0.4) is 0 Å². The van der Waals surface area contributed by atoms with Crippen molar-refractivity contribution in [2.75, 3.05) is 0 Å². The molecule has 0 saturated heterocycles. The molecular weight excluding hydrogens is 186 g/mol. The third kappa shape index (κ3) is 3.27. The van der Waals surface area contributed by atoms with E-state index in [1.54, 1.807) is 0 Å². The zero-order valence-electron chi connectivity index (χ0n) is 9.67. The van der Waals surface area contributed by atoms with Gasteiger partial charge in [0.1, 0.15) is 8.24 Å². The van der Waals surface area contributed by atoms with Crippen LogP contribution in [0, 0.1) is 0 Å². The van der Waals surface area contributed by atoms with Crippen LogP contribution in [0.2, 0.25) is 18.6 Å². The van der Waals surface area contributed by atoms with Crippen LogP contribution >= 0.6 is 0 Å². The molecule has 0 amide bonds. The van der Waals surface area contributed by atoms with Crippen molar-refractivity contribution in [1.29, 1.82) is 0 Å². The van der Waals surface area contributed by atoms with Crippen LogP contribution in [0.1, 0.15) is 19.4 Å². The Bertz CT molecular complexity index is 267. The quantitative estimate of drug-likeness (QED) is 0.746. The van der Waals surface area contributed by atoms with Gasteiger partial charge < -0.3 is 4.98 Å². The van der Waals surface area contributed by atoms with Crippen LogP contribution < -0.4 is 4.98 Å². The second-order valence-corrected chi connectivity index (χ2v) is 9.67. The van der Waals surface area contributed by atoms with Crippen LogP contribution in [-0.4, -0.2) is 8.24 Å². The monoisotopic (exact) mass is 207 g/mol. The van der Waals surface area contributed by atoms with Gasteiger partial charge in [-0.2, -0.15) is 0 Å².